The van der Waals surface area contributed by atoms with E-state index in [1.165, 1.54) is 17.3 Å². The Labute approximate surface area is 166 Å². The van der Waals surface area contributed by atoms with E-state index in [-0.39, 0.29) is 5.91 Å². The highest BCUT2D eigenvalue weighted by atomic mass is 32.2. The topological polar surface area (TPSA) is 42.0 Å². The first kappa shape index (κ1) is 17.8. The number of aromatic nitrogens is 1. The SMILES string of the molecule is Cc1ccc(-c2csc(SCC(=O)Nc3ccc4ccccc4c3)n2)cc1. The van der Waals surface area contributed by atoms with E-state index in [9.17, 15) is 4.79 Å². The van der Waals surface area contributed by atoms with Crippen LogP contribution in [0.5, 0.6) is 0 Å². The van der Waals surface area contributed by atoms with Gasteiger partial charge in [0.05, 0.1) is 11.4 Å². The molecule has 1 amide bonds. The molecule has 5 heteroatoms. The van der Waals surface area contributed by atoms with Gasteiger partial charge in [0, 0.05) is 16.6 Å². The molecule has 0 saturated heterocycles. The lowest BCUT2D eigenvalue weighted by Gasteiger charge is -2.06. The molecule has 1 heterocycles. The van der Waals surface area contributed by atoms with Crippen LogP contribution in [0.1, 0.15) is 5.56 Å². The molecule has 0 aliphatic rings. The lowest BCUT2D eigenvalue weighted by Crippen LogP contribution is -2.13. The second kappa shape index (κ2) is 7.94. The summed E-state index contributed by atoms with van der Waals surface area (Å²) in [5.41, 5.74) is 4.11. The molecule has 1 aromatic heterocycles. The average Bonchev–Trinajstić information content (AvgIpc) is 3.16. The van der Waals surface area contributed by atoms with Gasteiger partial charge in [0.2, 0.25) is 5.91 Å². The van der Waals surface area contributed by atoms with Crippen LogP contribution < -0.4 is 5.32 Å². The van der Waals surface area contributed by atoms with Crippen LogP contribution in [0.4, 0.5) is 5.69 Å². The second-order valence-electron chi connectivity index (χ2n) is 6.26. The zero-order chi connectivity index (χ0) is 18.6. The minimum absolute atomic E-state index is 0.0256. The number of thioether (sulfide) groups is 1. The third kappa shape index (κ3) is 4.38. The highest BCUT2D eigenvalue weighted by Gasteiger charge is 2.09. The highest BCUT2D eigenvalue weighted by molar-refractivity contribution is 8.01. The second-order valence-corrected chi connectivity index (χ2v) is 8.34. The Kier molecular flexibility index (Phi) is 5.23. The van der Waals surface area contributed by atoms with E-state index in [1.807, 2.05) is 41.8 Å². The summed E-state index contributed by atoms with van der Waals surface area (Å²) in [4.78, 5) is 16.9. The number of fused-ring (bicyclic) bond motifs is 1. The lowest BCUT2D eigenvalue weighted by molar-refractivity contribution is -0.113. The van der Waals surface area contributed by atoms with Gasteiger partial charge in [-0.1, -0.05) is 71.9 Å². The molecule has 0 radical (unpaired) electrons. The molecular formula is C22H18N2OS2. The van der Waals surface area contributed by atoms with Gasteiger partial charge in [-0.15, -0.1) is 11.3 Å². The van der Waals surface area contributed by atoms with E-state index >= 15 is 0 Å². The molecule has 0 saturated carbocycles. The molecule has 4 rings (SSSR count). The van der Waals surface area contributed by atoms with Crippen molar-refractivity contribution >= 4 is 45.5 Å². The Bertz CT molecular complexity index is 1090. The summed E-state index contributed by atoms with van der Waals surface area (Å²) in [6.45, 7) is 2.07. The van der Waals surface area contributed by atoms with Crippen molar-refractivity contribution in [1.29, 1.82) is 0 Å². The van der Waals surface area contributed by atoms with Crippen LogP contribution in [0.3, 0.4) is 0 Å². The summed E-state index contributed by atoms with van der Waals surface area (Å²) in [5, 5.41) is 7.28. The first-order chi connectivity index (χ1) is 13.2. The molecule has 4 aromatic rings. The minimum atomic E-state index is -0.0256. The average molecular weight is 391 g/mol. The third-order valence-corrected chi connectivity index (χ3v) is 6.21. The fourth-order valence-corrected chi connectivity index (χ4v) is 4.41. The Morgan fingerprint density at radius 3 is 2.63 bits per heavy atom. The molecule has 3 aromatic carbocycles. The van der Waals surface area contributed by atoms with Crippen molar-refractivity contribution in [3.05, 3.63) is 77.7 Å². The van der Waals surface area contributed by atoms with Gasteiger partial charge in [0.25, 0.3) is 0 Å². The van der Waals surface area contributed by atoms with Gasteiger partial charge in [-0.25, -0.2) is 4.98 Å². The maximum absolute atomic E-state index is 12.3. The van der Waals surface area contributed by atoms with Crippen molar-refractivity contribution in [3.8, 4) is 11.3 Å². The smallest absolute Gasteiger partial charge is 0.234 e. The molecule has 0 aliphatic carbocycles. The summed E-state index contributed by atoms with van der Waals surface area (Å²) in [6, 6.07) is 22.4. The molecule has 0 unspecified atom stereocenters. The van der Waals surface area contributed by atoms with Crippen LogP contribution in [-0.2, 0) is 4.79 Å². The van der Waals surface area contributed by atoms with Gasteiger partial charge < -0.3 is 5.32 Å². The van der Waals surface area contributed by atoms with Crippen molar-refractivity contribution in [1.82, 2.24) is 4.98 Å². The number of benzene rings is 3. The fourth-order valence-electron chi connectivity index (χ4n) is 2.77. The molecular weight excluding hydrogens is 372 g/mol. The van der Waals surface area contributed by atoms with Crippen LogP contribution in [0.15, 0.2) is 76.4 Å². The van der Waals surface area contributed by atoms with Crippen LogP contribution in [0, 0.1) is 6.92 Å². The van der Waals surface area contributed by atoms with Gasteiger partial charge in [-0.3, -0.25) is 4.79 Å². The number of anilines is 1. The van der Waals surface area contributed by atoms with Gasteiger partial charge in [0.1, 0.15) is 0 Å². The normalized spacial score (nSPS) is 10.9. The predicted octanol–water partition coefficient (Wildman–Crippen LogP) is 6.00. The Hall–Kier alpha value is -2.63. The van der Waals surface area contributed by atoms with Crippen molar-refractivity contribution in [2.75, 3.05) is 11.1 Å². The fraction of sp³-hybridized carbons (Fsp3) is 0.0909. The van der Waals surface area contributed by atoms with Crippen LogP contribution in [0.25, 0.3) is 22.0 Å². The van der Waals surface area contributed by atoms with Gasteiger partial charge in [0.15, 0.2) is 4.34 Å². The standard InChI is InChI=1S/C22H18N2OS2/c1-15-6-8-17(9-7-15)20-13-26-22(24-20)27-14-21(25)23-19-11-10-16-4-2-3-5-18(16)12-19/h2-13H,14H2,1H3,(H,23,25). The zero-order valence-corrected chi connectivity index (χ0v) is 16.4. The number of hydrogen-bond acceptors (Lipinski definition) is 4. The summed E-state index contributed by atoms with van der Waals surface area (Å²) in [7, 11) is 0. The molecule has 134 valence electrons. The number of thiazole rings is 1. The summed E-state index contributed by atoms with van der Waals surface area (Å²) in [5.74, 6) is 0.315. The van der Waals surface area contributed by atoms with Gasteiger partial charge in [-0.05, 0) is 29.8 Å². The minimum Gasteiger partial charge on any atom is -0.325 e. The van der Waals surface area contributed by atoms with E-state index in [4.69, 9.17) is 0 Å². The zero-order valence-electron chi connectivity index (χ0n) is 14.8. The van der Waals surface area contributed by atoms with E-state index in [0.717, 1.165) is 32.1 Å². The Morgan fingerprint density at radius 1 is 1.04 bits per heavy atom. The number of nitrogens with zero attached hydrogens (tertiary/aromatic N) is 1. The number of carbonyl (C=O) groups is 1. The van der Waals surface area contributed by atoms with E-state index in [1.54, 1.807) is 11.3 Å². The highest BCUT2D eigenvalue weighted by Crippen LogP contribution is 2.28. The van der Waals surface area contributed by atoms with Crippen LogP contribution in [-0.4, -0.2) is 16.6 Å². The molecule has 0 aliphatic heterocycles. The van der Waals surface area contributed by atoms with Crippen molar-refractivity contribution in [3.63, 3.8) is 0 Å². The molecule has 27 heavy (non-hydrogen) atoms. The molecule has 0 fully saturated rings. The summed E-state index contributed by atoms with van der Waals surface area (Å²) < 4.78 is 0.902. The van der Waals surface area contributed by atoms with Crippen molar-refractivity contribution in [2.24, 2.45) is 0 Å². The first-order valence-electron chi connectivity index (χ1n) is 8.61. The number of aryl methyl sites for hydroxylation is 1. The largest absolute Gasteiger partial charge is 0.325 e. The number of nitrogens with one attached hydrogen (secondary N) is 1. The van der Waals surface area contributed by atoms with E-state index < -0.39 is 0 Å². The molecule has 0 bridgehead atoms. The van der Waals surface area contributed by atoms with Crippen LogP contribution >= 0.6 is 23.1 Å². The summed E-state index contributed by atoms with van der Waals surface area (Å²) in [6.07, 6.45) is 0. The Morgan fingerprint density at radius 2 is 1.81 bits per heavy atom. The van der Waals surface area contributed by atoms with Gasteiger partial charge >= 0.3 is 0 Å². The van der Waals surface area contributed by atoms with E-state index in [2.05, 4.69) is 47.6 Å². The summed E-state index contributed by atoms with van der Waals surface area (Å²) >= 11 is 3.04. The van der Waals surface area contributed by atoms with Crippen LogP contribution in [0.2, 0.25) is 0 Å². The predicted molar refractivity (Wildman–Crippen MR) is 116 cm³/mol. The van der Waals surface area contributed by atoms with E-state index in [0.29, 0.717) is 5.75 Å². The van der Waals surface area contributed by atoms with Gasteiger partial charge in [-0.2, -0.15) is 0 Å². The maximum atomic E-state index is 12.3. The number of amides is 1. The third-order valence-electron chi connectivity index (χ3n) is 4.19. The molecule has 1 N–H and O–H groups in total. The van der Waals surface area contributed by atoms with Crippen molar-refractivity contribution in [2.45, 2.75) is 11.3 Å². The molecule has 0 atom stereocenters. The first-order valence-corrected chi connectivity index (χ1v) is 10.5. The Balaban J connectivity index is 1.37. The molecule has 3 nitrogen and oxygen atoms in total. The molecule has 0 spiro atoms. The lowest BCUT2D eigenvalue weighted by atomic mass is 10.1. The van der Waals surface area contributed by atoms with Crippen molar-refractivity contribution < 1.29 is 4.79 Å². The number of hydrogen-bond donors (Lipinski definition) is 1. The quantitative estimate of drug-likeness (QED) is 0.425. The number of rotatable bonds is 5. The monoisotopic (exact) mass is 390 g/mol. The maximum Gasteiger partial charge on any atom is 0.234 e. The number of carbonyl (C=O) groups excluding carboxylic acids is 1.